The Hall–Kier alpha value is -4.75. The van der Waals surface area contributed by atoms with Gasteiger partial charge in [0.15, 0.2) is 5.75 Å². The topological polar surface area (TPSA) is 128 Å². The van der Waals surface area contributed by atoms with Crippen molar-refractivity contribution < 1.29 is 32.2 Å². The number of phenols is 1. The van der Waals surface area contributed by atoms with E-state index in [9.17, 15) is 32.2 Å². The summed E-state index contributed by atoms with van der Waals surface area (Å²) < 4.78 is 58.6. The normalized spacial score (nSPS) is 11.9. The third-order valence-electron chi connectivity index (χ3n) is 7.09. The molecule has 0 radical (unpaired) electrons. The highest BCUT2D eigenvalue weighted by atomic mass is 32.2. The van der Waals surface area contributed by atoms with Gasteiger partial charge in [-0.3, -0.25) is 14.1 Å². The van der Waals surface area contributed by atoms with Gasteiger partial charge in [0.1, 0.15) is 17.2 Å². The van der Waals surface area contributed by atoms with E-state index in [2.05, 4.69) is 10.3 Å². The van der Waals surface area contributed by atoms with Gasteiger partial charge in [0.05, 0.1) is 17.6 Å². The molecule has 0 bridgehead atoms. The summed E-state index contributed by atoms with van der Waals surface area (Å²) in [6, 6.07) is 12.4. The molecule has 3 N–H and O–H groups in total. The predicted molar refractivity (Wildman–Crippen MR) is 155 cm³/mol. The van der Waals surface area contributed by atoms with Crippen LogP contribution in [0.2, 0.25) is 0 Å². The molecule has 13 heteroatoms. The number of nitrogens with zero attached hydrogens (tertiary/aromatic N) is 4. The maximum absolute atomic E-state index is 13.9. The monoisotopic (exact) mass is 595 g/mol. The lowest BCUT2D eigenvalue weighted by Crippen LogP contribution is -2.40. The van der Waals surface area contributed by atoms with Crippen LogP contribution in [0.1, 0.15) is 21.5 Å². The average molecular weight is 596 g/mol. The van der Waals surface area contributed by atoms with Crippen molar-refractivity contribution in [3.05, 3.63) is 95.3 Å². The van der Waals surface area contributed by atoms with Crippen molar-refractivity contribution >= 4 is 43.5 Å². The maximum Gasteiger partial charge on any atom is 0.303 e. The summed E-state index contributed by atoms with van der Waals surface area (Å²) in [6.45, 7) is -0.156. The highest BCUT2D eigenvalue weighted by Crippen LogP contribution is 2.46. The quantitative estimate of drug-likeness (QED) is 0.248. The second-order valence-corrected chi connectivity index (χ2v) is 11.8. The fraction of sp³-hybridized carbons (Fsp3) is 0.172. The van der Waals surface area contributed by atoms with Gasteiger partial charge in [-0.1, -0.05) is 18.2 Å². The van der Waals surface area contributed by atoms with Gasteiger partial charge in [-0.2, -0.15) is 12.7 Å². The molecule has 5 aromatic rings. The first-order valence-corrected chi connectivity index (χ1v) is 14.1. The molecule has 0 aliphatic carbocycles. The van der Waals surface area contributed by atoms with E-state index in [1.54, 1.807) is 24.3 Å². The Morgan fingerprint density at radius 2 is 1.71 bits per heavy atom. The zero-order valence-electron chi connectivity index (χ0n) is 22.8. The van der Waals surface area contributed by atoms with Crippen LogP contribution in [0.3, 0.4) is 0 Å². The Kier molecular flexibility index (Phi) is 7.47. The average Bonchev–Trinajstić information content (AvgIpc) is 3.29. The van der Waals surface area contributed by atoms with E-state index in [0.29, 0.717) is 10.9 Å². The lowest BCUT2D eigenvalue weighted by molar-refractivity contribution is 0.0961. The number of hydrogen-bond donors (Lipinski definition) is 3. The van der Waals surface area contributed by atoms with Crippen LogP contribution in [-0.2, 0) is 23.3 Å². The number of fused-ring (bicyclic) bond motifs is 2. The number of halogens is 2. The Labute approximate surface area is 240 Å². The molecule has 218 valence electrons. The Morgan fingerprint density at radius 1 is 1.02 bits per heavy atom. The SMILES string of the molecule is CNC(=O)c1cc(F)ccc1CN(C)S(=O)(=O)N(C)c1c2cccnc2c(O)c2c(O)n(Cc3ccc(F)cc3)cc12. The number of hydrogen-bond acceptors (Lipinski definition) is 6. The highest BCUT2D eigenvalue weighted by molar-refractivity contribution is 7.90. The third kappa shape index (κ3) is 4.97. The number of rotatable bonds is 8. The number of aromatic nitrogens is 2. The second-order valence-electron chi connectivity index (χ2n) is 9.70. The molecular weight excluding hydrogens is 568 g/mol. The first-order chi connectivity index (χ1) is 19.9. The van der Waals surface area contributed by atoms with E-state index in [-0.39, 0.29) is 57.8 Å². The summed E-state index contributed by atoms with van der Waals surface area (Å²) in [6.07, 6.45) is 2.94. The van der Waals surface area contributed by atoms with Gasteiger partial charge in [0, 0.05) is 56.4 Å². The van der Waals surface area contributed by atoms with Crippen LogP contribution >= 0.6 is 0 Å². The minimum atomic E-state index is -4.31. The third-order valence-corrected chi connectivity index (χ3v) is 8.88. The molecule has 10 nitrogen and oxygen atoms in total. The lowest BCUT2D eigenvalue weighted by atomic mass is 10.1. The van der Waals surface area contributed by atoms with Gasteiger partial charge in [0.25, 0.3) is 5.91 Å². The fourth-order valence-electron chi connectivity index (χ4n) is 4.93. The molecule has 0 aliphatic rings. The largest absolute Gasteiger partial charge is 0.505 e. The summed E-state index contributed by atoms with van der Waals surface area (Å²) >= 11 is 0. The number of carbonyl (C=O) groups is 1. The zero-order valence-corrected chi connectivity index (χ0v) is 23.7. The molecule has 3 aromatic carbocycles. The molecule has 42 heavy (non-hydrogen) atoms. The van der Waals surface area contributed by atoms with Crippen LogP contribution in [0.15, 0.2) is 67.0 Å². The van der Waals surface area contributed by atoms with E-state index in [1.165, 1.54) is 56.3 Å². The predicted octanol–water partition coefficient (Wildman–Crippen LogP) is 4.10. The van der Waals surface area contributed by atoms with Crippen LogP contribution in [0.4, 0.5) is 14.5 Å². The molecule has 0 spiro atoms. The van der Waals surface area contributed by atoms with Crippen molar-refractivity contribution in [2.24, 2.45) is 0 Å². The van der Waals surface area contributed by atoms with E-state index in [1.807, 2.05) is 0 Å². The Bertz CT molecular complexity index is 1940. The number of pyridine rings is 1. The number of phenolic OH excluding ortho intramolecular Hbond substituents is 1. The fourth-order valence-corrected chi connectivity index (χ4v) is 6.08. The van der Waals surface area contributed by atoms with Gasteiger partial charge >= 0.3 is 10.2 Å². The molecule has 2 aromatic heterocycles. The lowest BCUT2D eigenvalue weighted by Gasteiger charge is -2.28. The molecule has 0 aliphatic heterocycles. The molecule has 0 unspecified atom stereocenters. The first kappa shape index (κ1) is 28.8. The molecule has 0 saturated heterocycles. The maximum atomic E-state index is 13.9. The molecule has 0 atom stereocenters. The van der Waals surface area contributed by atoms with E-state index in [4.69, 9.17) is 0 Å². The van der Waals surface area contributed by atoms with E-state index >= 15 is 0 Å². The number of amides is 1. The molecular formula is C29H27F2N5O5S. The highest BCUT2D eigenvalue weighted by Gasteiger charge is 2.31. The van der Waals surface area contributed by atoms with Crippen molar-refractivity contribution in [1.29, 1.82) is 0 Å². The molecule has 2 heterocycles. The van der Waals surface area contributed by atoms with Crippen molar-refractivity contribution in [1.82, 2.24) is 19.2 Å². The number of carbonyl (C=O) groups excluding carboxylic acids is 1. The summed E-state index contributed by atoms with van der Waals surface area (Å²) in [5.74, 6) is -2.30. The van der Waals surface area contributed by atoms with Crippen molar-refractivity contribution in [2.75, 3.05) is 25.4 Å². The van der Waals surface area contributed by atoms with Gasteiger partial charge in [-0.05, 0) is 47.5 Å². The smallest absolute Gasteiger partial charge is 0.303 e. The van der Waals surface area contributed by atoms with E-state index < -0.39 is 27.8 Å². The standard InChI is InChI=1S/C29H27F2N5O5S/c1-32-28(38)22-13-20(31)11-8-18(22)15-34(2)42(40,41)35(3)26-21-5-4-12-33-25(21)27(37)24-23(26)16-36(29(24)39)14-17-6-9-19(30)10-7-17/h4-13,16,37,39H,14-15H2,1-3H3,(H,32,38). The summed E-state index contributed by atoms with van der Waals surface area (Å²) in [7, 11) is -0.287. The van der Waals surface area contributed by atoms with Crippen LogP contribution < -0.4 is 9.62 Å². The zero-order chi connectivity index (χ0) is 30.3. The van der Waals surface area contributed by atoms with Gasteiger partial charge < -0.3 is 20.1 Å². The van der Waals surface area contributed by atoms with Gasteiger partial charge in [-0.15, -0.1) is 0 Å². The minimum Gasteiger partial charge on any atom is -0.505 e. The van der Waals surface area contributed by atoms with Gasteiger partial charge in [0.2, 0.25) is 5.88 Å². The Morgan fingerprint density at radius 3 is 2.40 bits per heavy atom. The number of anilines is 1. The van der Waals surface area contributed by atoms with Crippen molar-refractivity contribution in [3.8, 4) is 11.6 Å². The van der Waals surface area contributed by atoms with Crippen LogP contribution in [0, 0.1) is 11.6 Å². The van der Waals surface area contributed by atoms with Crippen molar-refractivity contribution in [3.63, 3.8) is 0 Å². The van der Waals surface area contributed by atoms with Crippen molar-refractivity contribution in [2.45, 2.75) is 13.1 Å². The summed E-state index contributed by atoms with van der Waals surface area (Å²) in [5, 5.41) is 25.2. The molecule has 5 rings (SSSR count). The number of aromatic hydroxyl groups is 2. The molecule has 1 amide bonds. The summed E-state index contributed by atoms with van der Waals surface area (Å²) in [4.78, 5) is 16.6. The van der Waals surface area contributed by atoms with Gasteiger partial charge in [-0.25, -0.2) is 8.78 Å². The first-order valence-electron chi connectivity index (χ1n) is 12.7. The molecule has 0 fully saturated rings. The number of nitrogens with one attached hydrogen (secondary N) is 1. The molecule has 0 saturated carbocycles. The summed E-state index contributed by atoms with van der Waals surface area (Å²) in [5.41, 5.74) is 1.13. The van der Waals surface area contributed by atoms with Crippen LogP contribution in [0.5, 0.6) is 11.6 Å². The minimum absolute atomic E-state index is 0.00771. The number of benzene rings is 3. The van der Waals surface area contributed by atoms with Crippen LogP contribution in [-0.4, -0.2) is 59.5 Å². The van der Waals surface area contributed by atoms with E-state index in [0.717, 1.165) is 20.7 Å². The second kappa shape index (κ2) is 10.9. The van der Waals surface area contributed by atoms with Crippen LogP contribution in [0.25, 0.3) is 21.7 Å². The Balaban J connectivity index is 1.63.